The van der Waals surface area contributed by atoms with Crippen LogP contribution in [0, 0.1) is 17.7 Å². The molecule has 0 bridgehead atoms. The van der Waals surface area contributed by atoms with Gasteiger partial charge in [0.2, 0.25) is 0 Å². The molecule has 30 heavy (non-hydrogen) atoms. The van der Waals surface area contributed by atoms with Crippen LogP contribution in [-0.4, -0.2) is 6.61 Å². The number of allylic oxidation sites excluding steroid dienone is 1. The highest BCUT2D eigenvalue weighted by atomic mass is 19.1. The molecular weight excluding hydrogens is 371 g/mol. The van der Waals surface area contributed by atoms with Crippen LogP contribution in [-0.2, 0) is 0 Å². The first kappa shape index (κ1) is 22.6. The van der Waals surface area contributed by atoms with E-state index < -0.39 is 0 Å². The Balaban J connectivity index is 1.32. The lowest BCUT2D eigenvalue weighted by Crippen LogP contribution is -2.13. The molecule has 0 spiro atoms. The maximum Gasteiger partial charge on any atom is 0.123 e. The van der Waals surface area contributed by atoms with Gasteiger partial charge in [0.15, 0.2) is 0 Å². The van der Waals surface area contributed by atoms with Crippen LogP contribution in [0.2, 0.25) is 0 Å². The Hall–Kier alpha value is -2.09. The third-order valence-electron chi connectivity index (χ3n) is 6.39. The Kier molecular flexibility index (Phi) is 9.47. The van der Waals surface area contributed by atoms with E-state index >= 15 is 0 Å². The summed E-state index contributed by atoms with van der Waals surface area (Å²) in [5, 5.41) is 0. The van der Waals surface area contributed by atoms with Crippen LogP contribution in [0.3, 0.4) is 0 Å². The smallest absolute Gasteiger partial charge is 0.123 e. The second kappa shape index (κ2) is 12.6. The Bertz CT molecular complexity index is 739. The molecule has 1 nitrogen and oxygen atoms in total. The van der Waals surface area contributed by atoms with Crippen LogP contribution in [0.25, 0.3) is 11.1 Å². The minimum atomic E-state index is -0.207. The van der Waals surface area contributed by atoms with Crippen LogP contribution in [0.4, 0.5) is 4.39 Å². The van der Waals surface area contributed by atoms with Gasteiger partial charge in [0, 0.05) is 0 Å². The Morgan fingerprint density at radius 3 is 2.13 bits per heavy atom. The average Bonchev–Trinajstić information content (AvgIpc) is 2.78. The van der Waals surface area contributed by atoms with Crippen LogP contribution in [0.5, 0.6) is 5.75 Å². The monoisotopic (exact) mass is 408 g/mol. The van der Waals surface area contributed by atoms with E-state index in [0.717, 1.165) is 28.7 Å². The van der Waals surface area contributed by atoms with Gasteiger partial charge in [-0.15, -0.1) is 0 Å². The molecule has 2 aromatic carbocycles. The average molecular weight is 409 g/mol. The standard InChI is InChI=1S/C28H37FO/c1-2-3-4-5-6-8-23-10-12-24(13-11-23)9-7-22-30-28-20-16-26(17-21-28)25-14-18-27(29)19-15-25/h7,9,14-21,23-24H,2-6,8,10-13,22H2,1H3. The van der Waals surface area contributed by atoms with Gasteiger partial charge >= 0.3 is 0 Å². The van der Waals surface area contributed by atoms with Gasteiger partial charge in [-0.2, -0.15) is 0 Å². The van der Waals surface area contributed by atoms with E-state index in [2.05, 4.69) is 19.1 Å². The fourth-order valence-electron chi connectivity index (χ4n) is 4.48. The van der Waals surface area contributed by atoms with E-state index in [-0.39, 0.29) is 5.82 Å². The maximum atomic E-state index is 13.1. The lowest BCUT2D eigenvalue weighted by Gasteiger charge is -2.26. The normalized spacial score (nSPS) is 19.3. The SMILES string of the molecule is CCCCCCCC1CCC(C=CCOc2ccc(-c3ccc(F)cc3)cc2)CC1. The van der Waals surface area contributed by atoms with Gasteiger partial charge in [0.05, 0.1) is 0 Å². The van der Waals surface area contributed by atoms with E-state index in [9.17, 15) is 4.39 Å². The van der Waals surface area contributed by atoms with Crippen molar-refractivity contribution < 1.29 is 9.13 Å². The molecule has 0 unspecified atom stereocenters. The number of hydrogen-bond donors (Lipinski definition) is 0. The van der Waals surface area contributed by atoms with Crippen LogP contribution >= 0.6 is 0 Å². The zero-order valence-electron chi connectivity index (χ0n) is 18.5. The number of ether oxygens (including phenoxy) is 1. The molecule has 0 N–H and O–H groups in total. The molecule has 2 aromatic rings. The molecule has 0 radical (unpaired) electrons. The molecule has 1 saturated carbocycles. The largest absolute Gasteiger partial charge is 0.490 e. The number of unbranched alkanes of at least 4 members (excludes halogenated alkanes) is 4. The Morgan fingerprint density at radius 2 is 1.47 bits per heavy atom. The van der Waals surface area contributed by atoms with Crippen molar-refractivity contribution in [3.05, 3.63) is 66.5 Å². The highest BCUT2D eigenvalue weighted by Crippen LogP contribution is 2.32. The maximum absolute atomic E-state index is 13.1. The second-order valence-corrected chi connectivity index (χ2v) is 8.75. The lowest BCUT2D eigenvalue weighted by atomic mass is 9.79. The summed E-state index contributed by atoms with van der Waals surface area (Å²) >= 11 is 0. The molecular formula is C28H37FO. The summed E-state index contributed by atoms with van der Waals surface area (Å²) in [5.74, 6) is 2.36. The molecule has 1 fully saturated rings. The predicted molar refractivity (Wildman–Crippen MR) is 125 cm³/mol. The minimum Gasteiger partial charge on any atom is -0.490 e. The van der Waals surface area contributed by atoms with E-state index in [4.69, 9.17) is 4.74 Å². The molecule has 0 heterocycles. The lowest BCUT2D eigenvalue weighted by molar-refractivity contribution is 0.287. The third kappa shape index (κ3) is 7.63. The van der Waals surface area contributed by atoms with Crippen molar-refractivity contribution in [1.82, 2.24) is 0 Å². The van der Waals surface area contributed by atoms with Crippen molar-refractivity contribution in [3.63, 3.8) is 0 Å². The van der Waals surface area contributed by atoms with Crippen molar-refractivity contribution >= 4 is 0 Å². The first-order valence-electron chi connectivity index (χ1n) is 11.9. The van der Waals surface area contributed by atoms with Gasteiger partial charge in [0.1, 0.15) is 18.2 Å². The summed E-state index contributed by atoms with van der Waals surface area (Å²) in [5.41, 5.74) is 2.08. The zero-order valence-corrected chi connectivity index (χ0v) is 18.5. The van der Waals surface area contributed by atoms with Crippen molar-refractivity contribution in [2.75, 3.05) is 6.61 Å². The second-order valence-electron chi connectivity index (χ2n) is 8.75. The van der Waals surface area contributed by atoms with E-state index in [1.165, 1.54) is 76.3 Å². The molecule has 0 aliphatic heterocycles. The molecule has 1 aliphatic rings. The number of hydrogen-bond acceptors (Lipinski definition) is 1. The van der Waals surface area contributed by atoms with Gasteiger partial charge < -0.3 is 4.74 Å². The van der Waals surface area contributed by atoms with Crippen molar-refractivity contribution in [2.45, 2.75) is 71.1 Å². The summed E-state index contributed by atoms with van der Waals surface area (Å²) in [6, 6.07) is 14.6. The molecule has 1 aliphatic carbocycles. The third-order valence-corrected chi connectivity index (χ3v) is 6.39. The quantitative estimate of drug-likeness (QED) is 0.267. The molecule has 0 aromatic heterocycles. The predicted octanol–water partition coefficient (Wildman–Crippen LogP) is 8.59. The highest BCUT2D eigenvalue weighted by molar-refractivity contribution is 5.63. The minimum absolute atomic E-state index is 0.207. The summed E-state index contributed by atoms with van der Waals surface area (Å²) in [7, 11) is 0. The number of benzene rings is 2. The molecule has 3 rings (SSSR count). The van der Waals surface area contributed by atoms with Crippen molar-refractivity contribution in [3.8, 4) is 16.9 Å². The zero-order chi connectivity index (χ0) is 21.0. The molecule has 0 saturated heterocycles. The topological polar surface area (TPSA) is 9.23 Å². The molecule has 2 heteroatoms. The van der Waals surface area contributed by atoms with Gasteiger partial charge in [-0.1, -0.05) is 81.9 Å². The Morgan fingerprint density at radius 1 is 0.833 bits per heavy atom. The number of rotatable bonds is 11. The van der Waals surface area contributed by atoms with Crippen molar-refractivity contribution in [1.29, 1.82) is 0 Å². The fraction of sp³-hybridized carbons (Fsp3) is 0.500. The van der Waals surface area contributed by atoms with Crippen LogP contribution in [0.1, 0.15) is 71.1 Å². The summed E-state index contributed by atoms with van der Waals surface area (Å²) in [6.45, 7) is 2.90. The Labute approximate surface area is 182 Å². The van der Waals surface area contributed by atoms with E-state index in [0.29, 0.717) is 6.61 Å². The molecule has 0 amide bonds. The summed E-state index contributed by atoms with van der Waals surface area (Å²) < 4.78 is 18.9. The highest BCUT2D eigenvalue weighted by Gasteiger charge is 2.18. The van der Waals surface area contributed by atoms with E-state index in [1.54, 1.807) is 12.1 Å². The molecule has 0 atom stereocenters. The summed E-state index contributed by atoms with van der Waals surface area (Å²) in [4.78, 5) is 0. The number of halogens is 1. The first-order chi connectivity index (χ1) is 14.7. The fourth-order valence-corrected chi connectivity index (χ4v) is 4.48. The van der Waals surface area contributed by atoms with Gasteiger partial charge in [-0.05, 0) is 72.9 Å². The van der Waals surface area contributed by atoms with Crippen LogP contribution < -0.4 is 4.74 Å². The first-order valence-corrected chi connectivity index (χ1v) is 11.9. The summed E-state index contributed by atoms with van der Waals surface area (Å²) in [6.07, 6.45) is 18.5. The van der Waals surface area contributed by atoms with Crippen LogP contribution in [0.15, 0.2) is 60.7 Å². The van der Waals surface area contributed by atoms with Gasteiger partial charge in [-0.3, -0.25) is 0 Å². The van der Waals surface area contributed by atoms with E-state index in [1.807, 2.05) is 24.3 Å². The van der Waals surface area contributed by atoms with Gasteiger partial charge in [-0.25, -0.2) is 4.39 Å². The molecule has 162 valence electrons. The van der Waals surface area contributed by atoms with Crippen molar-refractivity contribution in [2.24, 2.45) is 11.8 Å². The van der Waals surface area contributed by atoms with Gasteiger partial charge in [0.25, 0.3) is 0 Å².